The van der Waals surface area contributed by atoms with Gasteiger partial charge in [-0.15, -0.1) is 21.5 Å². The Morgan fingerprint density at radius 1 is 1.48 bits per heavy atom. The van der Waals surface area contributed by atoms with Gasteiger partial charge in [-0.25, -0.2) is 0 Å². The molecule has 0 aromatic carbocycles. The van der Waals surface area contributed by atoms with Crippen LogP contribution in [0.1, 0.15) is 16.1 Å². The normalized spacial score (nSPS) is 10.3. The van der Waals surface area contributed by atoms with Crippen LogP contribution in [0.15, 0.2) is 21.4 Å². The van der Waals surface area contributed by atoms with Crippen molar-refractivity contribution in [2.45, 2.75) is 12.1 Å². The summed E-state index contributed by atoms with van der Waals surface area (Å²) >= 11 is 2.24. The minimum Gasteiger partial charge on any atom is -0.366 e. The highest BCUT2D eigenvalue weighted by Gasteiger charge is 2.13. The molecule has 4 N–H and O–H groups in total. The maximum absolute atomic E-state index is 11.8. The molecule has 0 unspecified atom stereocenters. The van der Waals surface area contributed by atoms with Crippen molar-refractivity contribution in [3.05, 3.63) is 33.1 Å². The molecule has 110 valence electrons. The van der Waals surface area contributed by atoms with E-state index in [0.29, 0.717) is 5.00 Å². The van der Waals surface area contributed by atoms with Crippen LogP contribution in [0.2, 0.25) is 0 Å². The van der Waals surface area contributed by atoms with E-state index in [9.17, 15) is 14.4 Å². The minimum absolute atomic E-state index is 0.0176. The highest BCUT2D eigenvalue weighted by Crippen LogP contribution is 2.23. The van der Waals surface area contributed by atoms with Gasteiger partial charge in [0.1, 0.15) is 10.7 Å². The number of primary amides is 1. The number of carbonyl (C=O) groups is 2. The number of rotatable bonds is 5. The molecular formula is C11H11N5O3S2. The molecule has 2 heterocycles. The second kappa shape index (κ2) is 6.50. The zero-order chi connectivity index (χ0) is 15.4. The molecule has 10 heteroatoms. The lowest BCUT2D eigenvalue weighted by atomic mass is 10.3. The third-order valence-electron chi connectivity index (χ3n) is 2.36. The number of aromatic amines is 1. The number of thiophene rings is 1. The number of H-pyrrole nitrogens is 1. The van der Waals surface area contributed by atoms with Crippen LogP contribution in [0.3, 0.4) is 0 Å². The van der Waals surface area contributed by atoms with Crippen molar-refractivity contribution >= 4 is 39.9 Å². The van der Waals surface area contributed by atoms with Gasteiger partial charge < -0.3 is 11.1 Å². The minimum atomic E-state index is -0.604. The molecule has 0 saturated carbocycles. The van der Waals surface area contributed by atoms with Gasteiger partial charge in [0.2, 0.25) is 5.91 Å². The molecule has 0 atom stereocenters. The molecule has 2 aromatic rings. The van der Waals surface area contributed by atoms with E-state index in [2.05, 4.69) is 20.5 Å². The Kier molecular flexibility index (Phi) is 4.70. The fourth-order valence-corrected chi connectivity index (χ4v) is 2.75. The number of hydrogen-bond acceptors (Lipinski definition) is 7. The topological polar surface area (TPSA) is 131 Å². The van der Waals surface area contributed by atoms with Gasteiger partial charge in [-0.2, -0.15) is 0 Å². The van der Waals surface area contributed by atoms with E-state index < -0.39 is 5.91 Å². The average molecular weight is 325 g/mol. The van der Waals surface area contributed by atoms with Crippen LogP contribution < -0.4 is 16.6 Å². The van der Waals surface area contributed by atoms with Crippen molar-refractivity contribution in [2.24, 2.45) is 5.73 Å². The van der Waals surface area contributed by atoms with Crippen LogP contribution in [0.4, 0.5) is 5.00 Å². The molecule has 0 aliphatic carbocycles. The van der Waals surface area contributed by atoms with Crippen molar-refractivity contribution in [2.75, 3.05) is 11.1 Å². The van der Waals surface area contributed by atoms with Crippen molar-refractivity contribution in [1.29, 1.82) is 0 Å². The van der Waals surface area contributed by atoms with Gasteiger partial charge in [-0.1, -0.05) is 11.8 Å². The fraction of sp³-hybridized carbons (Fsp3) is 0.182. The summed E-state index contributed by atoms with van der Waals surface area (Å²) in [6.45, 7) is 1.54. The Morgan fingerprint density at radius 2 is 2.24 bits per heavy atom. The van der Waals surface area contributed by atoms with Crippen LogP contribution >= 0.6 is 23.1 Å². The van der Waals surface area contributed by atoms with Gasteiger partial charge in [0.25, 0.3) is 11.5 Å². The van der Waals surface area contributed by atoms with E-state index in [4.69, 9.17) is 5.73 Å². The molecule has 0 bridgehead atoms. The first-order valence-electron chi connectivity index (χ1n) is 5.71. The first-order chi connectivity index (χ1) is 9.97. The number of nitrogens with zero attached hydrogens (tertiary/aromatic N) is 2. The third-order valence-corrected chi connectivity index (χ3v) is 4.06. The van der Waals surface area contributed by atoms with Gasteiger partial charge in [-0.3, -0.25) is 19.4 Å². The number of carbonyl (C=O) groups excluding carboxylic acids is 2. The Hall–Kier alpha value is -2.20. The van der Waals surface area contributed by atoms with Crippen LogP contribution in [0, 0.1) is 6.92 Å². The number of aryl methyl sites for hydroxylation is 1. The zero-order valence-corrected chi connectivity index (χ0v) is 12.5. The largest absolute Gasteiger partial charge is 0.366 e. The van der Waals surface area contributed by atoms with Crippen LogP contribution in [-0.2, 0) is 4.79 Å². The summed E-state index contributed by atoms with van der Waals surface area (Å²) in [7, 11) is 0. The second-order valence-electron chi connectivity index (χ2n) is 3.91. The summed E-state index contributed by atoms with van der Waals surface area (Å²) in [5, 5.41) is 12.3. The van der Waals surface area contributed by atoms with Gasteiger partial charge in [-0.05, 0) is 18.4 Å². The number of amides is 2. The standard InChI is InChI=1S/C11H11N5O3S2/c1-5-9(19)14-11(16-15-5)21-4-7(17)13-10-6(8(12)18)2-3-20-10/h2-3H,4H2,1H3,(H2,12,18)(H,13,17)(H,14,16,19). The average Bonchev–Trinajstić information content (AvgIpc) is 2.88. The Labute approximate surface area is 127 Å². The van der Waals surface area contributed by atoms with E-state index in [0.717, 1.165) is 11.8 Å². The smallest absolute Gasteiger partial charge is 0.273 e. The lowest BCUT2D eigenvalue weighted by molar-refractivity contribution is -0.113. The lowest BCUT2D eigenvalue weighted by Crippen LogP contribution is -2.19. The molecule has 0 fully saturated rings. The predicted molar refractivity (Wildman–Crippen MR) is 79.6 cm³/mol. The number of hydrogen-bond donors (Lipinski definition) is 3. The second-order valence-corrected chi connectivity index (χ2v) is 5.79. The van der Waals surface area contributed by atoms with E-state index >= 15 is 0 Å². The fourth-order valence-electron chi connectivity index (χ4n) is 1.34. The van der Waals surface area contributed by atoms with Crippen molar-refractivity contribution < 1.29 is 9.59 Å². The van der Waals surface area contributed by atoms with E-state index in [-0.39, 0.29) is 33.6 Å². The highest BCUT2D eigenvalue weighted by atomic mass is 32.2. The molecule has 0 saturated heterocycles. The summed E-state index contributed by atoms with van der Waals surface area (Å²) in [5.74, 6) is -0.926. The van der Waals surface area contributed by atoms with Gasteiger partial charge in [0.05, 0.1) is 11.3 Å². The van der Waals surface area contributed by atoms with Crippen molar-refractivity contribution in [3.63, 3.8) is 0 Å². The maximum atomic E-state index is 11.8. The number of anilines is 1. The molecule has 0 radical (unpaired) electrons. The SMILES string of the molecule is Cc1nnc(SCC(=O)Nc2sccc2C(N)=O)[nH]c1=O. The van der Waals surface area contributed by atoms with Gasteiger partial charge in [0, 0.05) is 0 Å². The quantitative estimate of drug-likeness (QED) is 0.680. The van der Waals surface area contributed by atoms with E-state index in [1.807, 2.05) is 0 Å². The van der Waals surface area contributed by atoms with Crippen LogP contribution in [0.25, 0.3) is 0 Å². The lowest BCUT2D eigenvalue weighted by Gasteiger charge is -2.04. The number of thioether (sulfide) groups is 1. The number of nitrogens with one attached hydrogen (secondary N) is 2. The first-order valence-corrected chi connectivity index (χ1v) is 7.57. The molecule has 0 spiro atoms. The summed E-state index contributed by atoms with van der Waals surface area (Å²) in [4.78, 5) is 36.8. The molecule has 0 aliphatic heterocycles. The van der Waals surface area contributed by atoms with Crippen LogP contribution in [0.5, 0.6) is 0 Å². The van der Waals surface area contributed by atoms with E-state index in [1.165, 1.54) is 18.3 Å². The monoisotopic (exact) mass is 325 g/mol. The first kappa shape index (κ1) is 15.2. The predicted octanol–water partition coefficient (Wildman–Crippen LogP) is 0.365. The Bertz CT molecular complexity index is 739. The number of aromatic nitrogens is 3. The summed E-state index contributed by atoms with van der Waals surface area (Å²) in [5.41, 5.74) is 5.36. The molecule has 8 nitrogen and oxygen atoms in total. The van der Waals surface area contributed by atoms with Gasteiger partial charge >= 0.3 is 0 Å². The zero-order valence-electron chi connectivity index (χ0n) is 10.9. The highest BCUT2D eigenvalue weighted by molar-refractivity contribution is 7.99. The van der Waals surface area contributed by atoms with Gasteiger partial charge in [0.15, 0.2) is 5.16 Å². The summed E-state index contributed by atoms with van der Waals surface area (Å²) in [6, 6.07) is 1.54. The molecular weight excluding hydrogens is 314 g/mol. The molecule has 0 aliphatic rings. The molecule has 2 amide bonds. The van der Waals surface area contributed by atoms with Crippen molar-refractivity contribution in [3.8, 4) is 0 Å². The molecule has 2 rings (SSSR count). The van der Waals surface area contributed by atoms with Crippen molar-refractivity contribution in [1.82, 2.24) is 15.2 Å². The molecule has 21 heavy (non-hydrogen) atoms. The Morgan fingerprint density at radius 3 is 2.90 bits per heavy atom. The van der Waals surface area contributed by atoms with Crippen LogP contribution in [-0.4, -0.2) is 32.7 Å². The number of nitrogens with two attached hydrogens (primary N) is 1. The van der Waals surface area contributed by atoms with E-state index in [1.54, 1.807) is 11.4 Å². The Balaban J connectivity index is 1.96. The maximum Gasteiger partial charge on any atom is 0.273 e. The summed E-state index contributed by atoms with van der Waals surface area (Å²) in [6.07, 6.45) is 0. The summed E-state index contributed by atoms with van der Waals surface area (Å²) < 4.78 is 0. The third kappa shape index (κ3) is 3.89. The molecule has 2 aromatic heterocycles.